The van der Waals surface area contributed by atoms with Gasteiger partial charge in [-0.1, -0.05) is 254 Å². The van der Waals surface area contributed by atoms with E-state index in [0.29, 0.717) is 0 Å². The Hall–Kier alpha value is -8.81. The second-order valence-electron chi connectivity index (χ2n) is 19.1. The van der Waals surface area contributed by atoms with Gasteiger partial charge in [0, 0.05) is 11.4 Å². The minimum absolute atomic E-state index is 0.879. The molecule has 0 bridgehead atoms. The van der Waals surface area contributed by atoms with Crippen molar-refractivity contribution in [3.63, 3.8) is 0 Å². The molecule has 0 fully saturated rings. The molecule has 0 saturated carbocycles. The molecule has 13 rings (SSSR count). The summed E-state index contributed by atoms with van der Waals surface area (Å²) in [4.78, 5) is 2.41. The molecule has 2 nitrogen and oxygen atoms in total. The van der Waals surface area contributed by atoms with E-state index in [1.807, 2.05) is 6.08 Å². The maximum atomic E-state index is 7.50. The lowest BCUT2D eigenvalue weighted by atomic mass is 9.97. The van der Waals surface area contributed by atoms with Crippen molar-refractivity contribution in [2.75, 3.05) is 4.90 Å². The molecular formula is C69H51NOSi2. The summed E-state index contributed by atoms with van der Waals surface area (Å²) in [6.07, 6.45) is 6.51. The lowest BCUT2D eigenvalue weighted by Crippen LogP contribution is -2.83. The predicted molar refractivity (Wildman–Crippen MR) is 314 cm³/mol. The van der Waals surface area contributed by atoms with Gasteiger partial charge in [0.1, 0.15) is 5.75 Å². The van der Waals surface area contributed by atoms with E-state index < -0.39 is 16.1 Å². The van der Waals surface area contributed by atoms with Crippen LogP contribution in [0.1, 0.15) is 6.92 Å². The third-order valence-electron chi connectivity index (χ3n) is 15.5. The Bertz CT molecular complexity index is 3800. The van der Waals surface area contributed by atoms with Gasteiger partial charge in [0.05, 0.1) is 5.69 Å². The van der Waals surface area contributed by atoms with Gasteiger partial charge < -0.3 is 9.64 Å². The number of nitrogens with zero attached hydrogens (tertiary/aromatic N) is 1. The first-order valence-electron chi connectivity index (χ1n) is 25.2. The van der Waals surface area contributed by atoms with Crippen LogP contribution < -0.4 is 40.8 Å². The van der Waals surface area contributed by atoms with Crippen molar-refractivity contribution in [3.8, 4) is 33.8 Å². The molecule has 11 aromatic carbocycles. The Balaban J connectivity index is 1.08. The lowest BCUT2D eigenvalue weighted by molar-refractivity contribution is 0.488. The minimum atomic E-state index is -3.23. The Kier molecular flexibility index (Phi) is 11.0. The minimum Gasteiger partial charge on any atom is -0.455 e. The molecule has 2 aliphatic heterocycles. The number of para-hydroxylation sites is 2. The van der Waals surface area contributed by atoms with Crippen LogP contribution in [0.3, 0.4) is 0 Å². The number of fused-ring (bicyclic) bond motifs is 8. The molecule has 1 unspecified atom stereocenters. The first-order valence-corrected chi connectivity index (χ1v) is 29.2. The summed E-state index contributed by atoms with van der Waals surface area (Å²) in [6.45, 7) is 6.71. The molecule has 0 aromatic heterocycles. The summed E-state index contributed by atoms with van der Waals surface area (Å²) < 4.78 is 7.50. The molecule has 0 amide bonds. The van der Waals surface area contributed by atoms with E-state index >= 15 is 0 Å². The van der Waals surface area contributed by atoms with Crippen molar-refractivity contribution in [2.24, 2.45) is 0 Å². The first kappa shape index (κ1) is 44.2. The lowest BCUT2D eigenvalue weighted by Gasteiger charge is -2.50. The van der Waals surface area contributed by atoms with E-state index in [1.54, 1.807) is 0 Å². The van der Waals surface area contributed by atoms with Crippen LogP contribution in [0, 0.1) is 0 Å². The highest BCUT2D eigenvalue weighted by molar-refractivity contribution is 7.27. The fourth-order valence-electron chi connectivity index (χ4n) is 12.4. The number of hydrogen-bond donors (Lipinski definition) is 0. The van der Waals surface area contributed by atoms with Crippen molar-refractivity contribution < 1.29 is 4.74 Å². The third-order valence-corrected chi connectivity index (χ3v) is 26.1. The molecule has 0 N–H and O–H groups in total. The summed E-state index contributed by atoms with van der Waals surface area (Å²) in [5, 5.41) is 15.8. The summed E-state index contributed by atoms with van der Waals surface area (Å²) >= 11 is 0. The maximum Gasteiger partial charge on any atom is 0.187 e. The zero-order valence-corrected chi connectivity index (χ0v) is 42.6. The van der Waals surface area contributed by atoms with Crippen LogP contribution in [0.15, 0.2) is 296 Å². The van der Waals surface area contributed by atoms with Gasteiger partial charge in [0.25, 0.3) is 0 Å². The molecular weight excluding hydrogens is 915 g/mol. The molecule has 4 heteroatoms. The van der Waals surface area contributed by atoms with E-state index in [0.717, 1.165) is 28.6 Å². The van der Waals surface area contributed by atoms with Crippen LogP contribution in [0.2, 0.25) is 0 Å². The topological polar surface area (TPSA) is 12.5 Å². The number of anilines is 3. The summed E-state index contributed by atoms with van der Waals surface area (Å²) in [5.41, 5.74) is 7.82. The molecule has 1 spiro atoms. The van der Waals surface area contributed by atoms with Crippen LogP contribution in [0.5, 0.6) is 11.5 Å². The Morgan fingerprint density at radius 2 is 0.863 bits per heavy atom. The van der Waals surface area contributed by atoms with Gasteiger partial charge >= 0.3 is 0 Å². The molecule has 73 heavy (non-hydrogen) atoms. The number of ether oxygens (including phenoxy) is 1. The zero-order chi connectivity index (χ0) is 48.9. The van der Waals surface area contributed by atoms with Crippen molar-refractivity contribution in [3.05, 3.63) is 296 Å². The van der Waals surface area contributed by atoms with Crippen molar-refractivity contribution in [1.82, 2.24) is 0 Å². The number of rotatable bonds is 9. The van der Waals surface area contributed by atoms with Crippen LogP contribution >= 0.6 is 0 Å². The normalized spacial score (nSPS) is 15.4. The SMILES string of the molecule is C=C/C=C\C1=C(C)[Si](c2ccccc2)(c2ccccc2)c2ccccc2[Si]12c1ccccc1Oc1c(N(c3ccc(-c4cccc5ccccc45)cc3)c3ccc(-c4cccc5ccccc45)cc3)cccc12. The van der Waals surface area contributed by atoms with Crippen LogP contribution in [-0.2, 0) is 0 Å². The average Bonchev–Trinajstić information content (AvgIpc) is 3.46. The largest absolute Gasteiger partial charge is 0.455 e. The molecule has 1 atom stereocenters. The number of hydrogen-bond acceptors (Lipinski definition) is 2. The number of benzene rings is 11. The molecule has 346 valence electrons. The van der Waals surface area contributed by atoms with Crippen LogP contribution in [0.4, 0.5) is 17.1 Å². The van der Waals surface area contributed by atoms with Crippen molar-refractivity contribution in [1.29, 1.82) is 0 Å². The van der Waals surface area contributed by atoms with E-state index in [1.165, 1.54) is 85.3 Å². The smallest absolute Gasteiger partial charge is 0.187 e. The van der Waals surface area contributed by atoms with Crippen molar-refractivity contribution in [2.45, 2.75) is 6.92 Å². The highest BCUT2D eigenvalue weighted by Crippen LogP contribution is 2.47. The fraction of sp³-hybridized carbons (Fsp3) is 0.0145. The quantitative estimate of drug-likeness (QED) is 0.106. The van der Waals surface area contributed by atoms with E-state index in [4.69, 9.17) is 4.74 Å². The zero-order valence-electron chi connectivity index (χ0n) is 40.6. The Labute approximate surface area is 429 Å². The Morgan fingerprint density at radius 1 is 0.411 bits per heavy atom. The molecule has 2 heterocycles. The molecule has 0 radical (unpaired) electrons. The monoisotopic (exact) mass is 965 g/mol. The van der Waals surface area contributed by atoms with Crippen molar-refractivity contribution >= 4 is 85.9 Å². The highest BCUT2D eigenvalue weighted by Gasteiger charge is 2.59. The van der Waals surface area contributed by atoms with Crippen LogP contribution in [-0.4, -0.2) is 16.1 Å². The highest BCUT2D eigenvalue weighted by atomic mass is 28.3. The van der Waals surface area contributed by atoms with Gasteiger partial charge in [0.2, 0.25) is 0 Å². The summed E-state index contributed by atoms with van der Waals surface area (Å²) in [5.74, 6) is 1.78. The van der Waals surface area contributed by atoms with E-state index in [9.17, 15) is 0 Å². The third kappa shape index (κ3) is 6.90. The average molecular weight is 966 g/mol. The van der Waals surface area contributed by atoms with Gasteiger partial charge in [-0.15, -0.1) is 0 Å². The van der Waals surface area contributed by atoms with Gasteiger partial charge in [-0.3, -0.25) is 0 Å². The van der Waals surface area contributed by atoms with E-state index in [-0.39, 0.29) is 0 Å². The maximum absolute atomic E-state index is 7.50. The van der Waals surface area contributed by atoms with Gasteiger partial charge in [-0.25, -0.2) is 0 Å². The van der Waals surface area contributed by atoms with Gasteiger partial charge in [-0.2, -0.15) is 0 Å². The first-order chi connectivity index (χ1) is 36.1. The second-order valence-corrected chi connectivity index (χ2v) is 26.7. The standard InChI is InChI=1S/C69H51NOSi2/c1-3-4-36-64-49(2)72(56-26-7-5-8-27-56,57-28-9-6-10-29-57)66-38-17-18-39-67(66)73(64)65-37-16-15-35-63(65)71-69-62(34-21-40-68(69)73)70(54-45-41-52(42-46-54)60-32-19-24-50-22-11-13-30-58(50)60)55-47-43-53(44-48-55)61-33-20-25-51-23-12-14-31-59(51)61/h3-48H,1H2,2H3/b36-4-. The van der Waals surface area contributed by atoms with E-state index in [2.05, 4.69) is 291 Å². The molecule has 0 saturated heterocycles. The predicted octanol–water partition coefficient (Wildman–Crippen LogP) is 14.0. The Morgan fingerprint density at radius 3 is 1.42 bits per heavy atom. The molecule has 11 aromatic rings. The second kappa shape index (κ2) is 18.1. The van der Waals surface area contributed by atoms with Crippen LogP contribution in [0.25, 0.3) is 43.8 Å². The fourth-order valence-corrected chi connectivity index (χ4v) is 24.8. The summed E-state index contributed by atoms with van der Waals surface area (Å²) in [7, 11) is -6.11. The van der Waals surface area contributed by atoms with Gasteiger partial charge in [0.15, 0.2) is 21.9 Å². The number of allylic oxidation sites excluding steroid dienone is 5. The molecule has 0 aliphatic carbocycles. The summed E-state index contributed by atoms with van der Waals surface area (Å²) in [6, 6.07) is 96.5. The molecule has 2 aliphatic rings. The van der Waals surface area contributed by atoms with Gasteiger partial charge in [-0.05, 0) is 123 Å².